The van der Waals surface area contributed by atoms with E-state index >= 15 is 0 Å². The Bertz CT molecular complexity index is 1590. The highest BCUT2D eigenvalue weighted by atomic mass is 32.2. The van der Waals surface area contributed by atoms with E-state index in [1.165, 1.54) is 36.4 Å². The van der Waals surface area contributed by atoms with Crippen LogP contribution in [0.5, 0.6) is 11.5 Å². The topological polar surface area (TPSA) is 188 Å². The second kappa shape index (κ2) is 10.1. The summed E-state index contributed by atoms with van der Waals surface area (Å²) in [5.74, 6) is -1.22. The zero-order valence-electron chi connectivity index (χ0n) is 19.3. The van der Waals surface area contributed by atoms with E-state index < -0.39 is 22.0 Å². The van der Waals surface area contributed by atoms with Crippen LogP contribution in [0.2, 0.25) is 0 Å². The van der Waals surface area contributed by atoms with Gasteiger partial charge in [-0.05, 0) is 66.7 Å². The molecule has 0 saturated carbocycles. The van der Waals surface area contributed by atoms with Gasteiger partial charge in [0.25, 0.3) is 5.91 Å². The van der Waals surface area contributed by atoms with Crippen molar-refractivity contribution < 1.29 is 28.5 Å². The maximum Gasteiger partial charge on any atom is 0.255 e. The van der Waals surface area contributed by atoms with Gasteiger partial charge < -0.3 is 37.4 Å². The van der Waals surface area contributed by atoms with E-state index in [0.29, 0.717) is 16.9 Å². The molecule has 11 heteroatoms. The molecule has 0 spiro atoms. The van der Waals surface area contributed by atoms with Crippen LogP contribution in [0.3, 0.4) is 0 Å². The van der Waals surface area contributed by atoms with Crippen molar-refractivity contribution in [3.05, 3.63) is 96.1 Å². The second-order valence-electron chi connectivity index (χ2n) is 8.16. The first-order valence-corrected chi connectivity index (χ1v) is 12.4. The van der Waals surface area contributed by atoms with Gasteiger partial charge in [0, 0.05) is 22.5 Å². The number of carbonyl (C=O) groups excluding carboxylic acids is 1. The Morgan fingerprint density at radius 3 is 1.95 bits per heavy atom. The quantitative estimate of drug-likeness (QED) is 0.109. The number of anilines is 4. The van der Waals surface area contributed by atoms with Crippen molar-refractivity contribution in [2.24, 2.45) is 0 Å². The van der Waals surface area contributed by atoms with Gasteiger partial charge >= 0.3 is 0 Å². The van der Waals surface area contributed by atoms with Crippen LogP contribution in [0.25, 0.3) is 0 Å². The third-order valence-corrected chi connectivity index (χ3v) is 7.22. The molecule has 0 aromatic heterocycles. The lowest BCUT2D eigenvalue weighted by atomic mass is 10.1. The molecule has 9 N–H and O–H groups in total. The van der Waals surface area contributed by atoms with Crippen LogP contribution in [0, 0.1) is 0 Å². The number of phenols is 2. The summed E-state index contributed by atoms with van der Waals surface area (Å²) in [6, 6.07) is 19.6. The first-order valence-electron chi connectivity index (χ1n) is 10.9. The monoisotopic (exact) mass is 520 g/mol. The molecule has 1 amide bonds. The van der Waals surface area contributed by atoms with Crippen molar-refractivity contribution >= 4 is 38.5 Å². The Labute approximate surface area is 212 Å². The Morgan fingerprint density at radius 1 is 0.757 bits per heavy atom. The summed E-state index contributed by atoms with van der Waals surface area (Å²) >= 11 is 0. The van der Waals surface area contributed by atoms with Crippen LogP contribution in [0.1, 0.15) is 22.1 Å². The minimum absolute atomic E-state index is 0.0371. The molecule has 37 heavy (non-hydrogen) atoms. The SMILES string of the molecule is Nc1cccc(C(=O)Nc2cc(S(=O)(=O)c3ccc(O)c(NC(O)c4cccc(N)c4)c3)ccc2O)c1. The number of amides is 1. The van der Waals surface area contributed by atoms with E-state index in [0.717, 1.165) is 18.2 Å². The smallest absolute Gasteiger partial charge is 0.255 e. The lowest BCUT2D eigenvalue weighted by Crippen LogP contribution is -2.13. The first-order chi connectivity index (χ1) is 17.5. The number of aromatic hydroxyl groups is 2. The summed E-state index contributed by atoms with van der Waals surface area (Å²) < 4.78 is 26.7. The predicted molar refractivity (Wildman–Crippen MR) is 140 cm³/mol. The number of aliphatic hydroxyl groups excluding tert-OH is 1. The van der Waals surface area contributed by atoms with Crippen molar-refractivity contribution in [1.82, 2.24) is 0 Å². The van der Waals surface area contributed by atoms with Crippen LogP contribution < -0.4 is 22.1 Å². The van der Waals surface area contributed by atoms with Crippen molar-refractivity contribution in [3.8, 4) is 11.5 Å². The summed E-state index contributed by atoms with van der Waals surface area (Å²) in [5.41, 5.74) is 12.7. The van der Waals surface area contributed by atoms with Gasteiger partial charge in [-0.25, -0.2) is 8.42 Å². The van der Waals surface area contributed by atoms with Gasteiger partial charge in [0.2, 0.25) is 9.84 Å². The van der Waals surface area contributed by atoms with Crippen molar-refractivity contribution in [1.29, 1.82) is 0 Å². The minimum Gasteiger partial charge on any atom is -0.506 e. The number of nitrogens with two attached hydrogens (primary N) is 2. The molecule has 4 aromatic carbocycles. The molecule has 0 radical (unpaired) electrons. The summed E-state index contributed by atoms with van der Waals surface area (Å²) in [5, 5.41) is 36.1. The Kier molecular flexibility index (Phi) is 6.92. The molecule has 190 valence electrons. The molecule has 4 aromatic rings. The fraction of sp³-hybridized carbons (Fsp3) is 0.0385. The van der Waals surface area contributed by atoms with Crippen molar-refractivity contribution in [3.63, 3.8) is 0 Å². The number of aliphatic hydroxyl groups is 1. The summed E-state index contributed by atoms with van der Waals surface area (Å²) in [6.45, 7) is 0. The molecule has 0 bridgehead atoms. The number of rotatable bonds is 7. The number of nitrogens with one attached hydrogen (secondary N) is 2. The molecule has 1 unspecified atom stereocenters. The van der Waals surface area contributed by atoms with Gasteiger partial charge in [0.1, 0.15) is 11.5 Å². The fourth-order valence-electron chi connectivity index (χ4n) is 3.55. The molecule has 0 aliphatic carbocycles. The summed E-state index contributed by atoms with van der Waals surface area (Å²) in [6.07, 6.45) is -1.28. The zero-order chi connectivity index (χ0) is 26.7. The van der Waals surface area contributed by atoms with Crippen LogP contribution in [0.4, 0.5) is 22.7 Å². The van der Waals surface area contributed by atoms with E-state index in [2.05, 4.69) is 10.6 Å². The molecule has 0 heterocycles. The Morgan fingerprint density at radius 2 is 1.32 bits per heavy atom. The predicted octanol–water partition coefficient (Wildman–Crippen LogP) is 3.45. The summed E-state index contributed by atoms with van der Waals surface area (Å²) in [7, 11) is -4.17. The maximum absolute atomic E-state index is 13.4. The Balaban J connectivity index is 1.62. The minimum atomic E-state index is -4.17. The van der Waals surface area contributed by atoms with Crippen LogP contribution in [-0.2, 0) is 9.84 Å². The fourth-order valence-corrected chi connectivity index (χ4v) is 4.86. The van der Waals surface area contributed by atoms with Gasteiger partial charge in [-0.1, -0.05) is 18.2 Å². The molecule has 4 rings (SSSR count). The van der Waals surface area contributed by atoms with Gasteiger partial charge in [0.05, 0.1) is 21.2 Å². The number of hydrogen-bond donors (Lipinski definition) is 7. The summed E-state index contributed by atoms with van der Waals surface area (Å²) in [4.78, 5) is 12.2. The first kappa shape index (κ1) is 25.4. The van der Waals surface area contributed by atoms with E-state index in [-0.39, 0.29) is 38.2 Å². The lowest BCUT2D eigenvalue weighted by molar-refractivity contribution is 0.102. The molecule has 0 aliphatic rings. The highest BCUT2D eigenvalue weighted by Gasteiger charge is 2.22. The number of benzene rings is 4. The number of phenolic OH excluding ortho intramolecular Hbond substituents is 2. The van der Waals surface area contributed by atoms with Gasteiger partial charge in [0.15, 0.2) is 6.23 Å². The van der Waals surface area contributed by atoms with Gasteiger partial charge in [-0.15, -0.1) is 0 Å². The zero-order valence-corrected chi connectivity index (χ0v) is 20.1. The average Bonchev–Trinajstić information content (AvgIpc) is 2.86. The van der Waals surface area contributed by atoms with E-state index in [9.17, 15) is 28.5 Å². The third-order valence-electron chi connectivity index (χ3n) is 5.47. The highest BCUT2D eigenvalue weighted by Crippen LogP contribution is 2.34. The molecule has 0 saturated heterocycles. The Hall–Kier alpha value is -4.74. The number of hydrogen-bond acceptors (Lipinski definition) is 9. The third kappa shape index (κ3) is 5.58. The molecule has 10 nitrogen and oxygen atoms in total. The number of sulfone groups is 1. The molecule has 1 atom stereocenters. The van der Waals surface area contributed by atoms with Gasteiger partial charge in [-0.2, -0.15) is 0 Å². The largest absolute Gasteiger partial charge is 0.506 e. The van der Waals surface area contributed by atoms with E-state index in [1.54, 1.807) is 30.3 Å². The molecule has 0 aliphatic heterocycles. The van der Waals surface area contributed by atoms with Crippen LogP contribution in [0.15, 0.2) is 94.7 Å². The van der Waals surface area contributed by atoms with E-state index in [4.69, 9.17) is 11.5 Å². The standard InChI is InChI=1S/C26H24N4O6S/c27-17-5-1-3-15(11-17)25(33)29-21-13-19(7-9-23(21)31)37(35,36)20-8-10-24(32)22(14-20)30-26(34)16-4-2-6-18(28)12-16/h1-14,25,29,31-33H,27-28H2,(H,30,34). The second-order valence-corrected chi connectivity index (χ2v) is 10.1. The van der Waals surface area contributed by atoms with Crippen molar-refractivity contribution in [2.75, 3.05) is 22.1 Å². The maximum atomic E-state index is 13.4. The van der Waals surface area contributed by atoms with E-state index in [1.807, 2.05) is 0 Å². The van der Waals surface area contributed by atoms with Gasteiger partial charge in [-0.3, -0.25) is 4.79 Å². The van der Waals surface area contributed by atoms with Crippen LogP contribution in [-0.4, -0.2) is 29.6 Å². The lowest BCUT2D eigenvalue weighted by Gasteiger charge is -2.17. The van der Waals surface area contributed by atoms with Crippen molar-refractivity contribution in [2.45, 2.75) is 16.0 Å². The average molecular weight is 521 g/mol. The molecular formula is C26H24N4O6S. The highest BCUT2D eigenvalue weighted by molar-refractivity contribution is 7.91. The number of nitrogen functional groups attached to an aromatic ring is 2. The number of carbonyl (C=O) groups is 1. The molecular weight excluding hydrogens is 496 g/mol. The molecule has 0 fully saturated rings. The van der Waals surface area contributed by atoms with Crippen LogP contribution >= 0.6 is 0 Å². The normalized spacial score (nSPS) is 12.0.